The van der Waals surface area contributed by atoms with Gasteiger partial charge in [0.15, 0.2) is 0 Å². The van der Waals surface area contributed by atoms with Crippen molar-refractivity contribution in [2.75, 3.05) is 19.8 Å². The molecule has 0 aromatic heterocycles. The van der Waals surface area contributed by atoms with Crippen LogP contribution in [0, 0.1) is 5.92 Å². The molecule has 4 heteroatoms. The van der Waals surface area contributed by atoms with Gasteiger partial charge in [-0.25, -0.2) is 0 Å². The minimum atomic E-state index is 0.237. The smallest absolute Gasteiger partial charge is 0.0751 e. The highest BCUT2D eigenvalue weighted by atomic mass is 16.3. The van der Waals surface area contributed by atoms with Gasteiger partial charge >= 0.3 is 0 Å². The van der Waals surface area contributed by atoms with E-state index in [2.05, 4.69) is 0 Å². The average Bonchev–Trinajstić information content (AvgIpc) is 2.26. The molecule has 0 heterocycles. The first-order valence-corrected chi connectivity index (χ1v) is 5.84. The first-order chi connectivity index (χ1) is 7.72. The van der Waals surface area contributed by atoms with Gasteiger partial charge in [-0.1, -0.05) is 13.0 Å². The molecule has 0 radical (unpaired) electrons. The van der Waals surface area contributed by atoms with Crippen molar-refractivity contribution in [1.29, 1.82) is 0 Å². The van der Waals surface area contributed by atoms with E-state index in [9.17, 15) is 0 Å². The van der Waals surface area contributed by atoms with E-state index in [1.807, 2.05) is 6.92 Å². The molecule has 0 atom stereocenters. The van der Waals surface area contributed by atoms with Gasteiger partial charge in [0.2, 0.25) is 0 Å². The molecule has 16 heavy (non-hydrogen) atoms. The van der Waals surface area contributed by atoms with E-state index in [-0.39, 0.29) is 19.8 Å². The molecular formula is C12H26O4. The first kappa shape index (κ1) is 17.8. The van der Waals surface area contributed by atoms with Crippen LogP contribution in [0.4, 0.5) is 0 Å². The fraction of sp³-hybridized carbons (Fsp3) is 0.833. The summed E-state index contributed by atoms with van der Waals surface area (Å²) in [4.78, 5) is 0. The fourth-order valence-corrected chi connectivity index (χ4v) is 1.03. The number of allylic oxidation sites excluding steroid dienone is 1. The molecule has 0 bridgehead atoms. The van der Waals surface area contributed by atoms with Gasteiger partial charge in [-0.05, 0) is 38.0 Å². The van der Waals surface area contributed by atoms with Crippen LogP contribution in [0.15, 0.2) is 12.3 Å². The summed E-state index contributed by atoms with van der Waals surface area (Å²) >= 11 is 0. The second-order valence-electron chi connectivity index (χ2n) is 3.73. The Labute approximate surface area is 98.2 Å². The van der Waals surface area contributed by atoms with Crippen molar-refractivity contribution in [2.45, 2.75) is 39.0 Å². The van der Waals surface area contributed by atoms with E-state index >= 15 is 0 Å². The first-order valence-electron chi connectivity index (χ1n) is 5.84. The van der Waals surface area contributed by atoms with Crippen LogP contribution >= 0.6 is 0 Å². The van der Waals surface area contributed by atoms with E-state index in [4.69, 9.17) is 20.4 Å². The van der Waals surface area contributed by atoms with Crippen LogP contribution in [-0.4, -0.2) is 40.2 Å². The van der Waals surface area contributed by atoms with Gasteiger partial charge in [-0.2, -0.15) is 0 Å². The van der Waals surface area contributed by atoms with Crippen molar-refractivity contribution < 1.29 is 20.4 Å². The minimum absolute atomic E-state index is 0.237. The number of hydrogen-bond donors (Lipinski definition) is 4. The Morgan fingerprint density at radius 2 is 1.50 bits per heavy atom. The van der Waals surface area contributed by atoms with Crippen LogP contribution in [0.1, 0.15) is 39.0 Å². The van der Waals surface area contributed by atoms with Crippen molar-refractivity contribution >= 4 is 0 Å². The second kappa shape index (κ2) is 16.8. The number of rotatable bonds is 8. The summed E-state index contributed by atoms with van der Waals surface area (Å²) in [6.07, 6.45) is 6.96. The van der Waals surface area contributed by atoms with Crippen molar-refractivity contribution in [3.05, 3.63) is 12.3 Å². The molecule has 0 aromatic rings. The highest BCUT2D eigenvalue weighted by Crippen LogP contribution is 2.03. The molecule has 0 aromatic carbocycles. The largest absolute Gasteiger partial charge is 0.516 e. The number of hydrogen-bond acceptors (Lipinski definition) is 4. The van der Waals surface area contributed by atoms with Gasteiger partial charge in [-0.15, -0.1) is 0 Å². The molecule has 0 saturated heterocycles. The van der Waals surface area contributed by atoms with Crippen LogP contribution in [0.3, 0.4) is 0 Å². The summed E-state index contributed by atoms with van der Waals surface area (Å²) in [5.74, 6) is 0.463. The van der Waals surface area contributed by atoms with Crippen molar-refractivity contribution in [3.63, 3.8) is 0 Å². The Morgan fingerprint density at radius 3 is 1.88 bits per heavy atom. The lowest BCUT2D eigenvalue weighted by Crippen LogP contribution is -1.99. The summed E-state index contributed by atoms with van der Waals surface area (Å²) < 4.78 is 0. The van der Waals surface area contributed by atoms with Crippen LogP contribution in [-0.2, 0) is 0 Å². The van der Waals surface area contributed by atoms with Crippen molar-refractivity contribution in [3.8, 4) is 0 Å². The molecule has 0 unspecified atom stereocenters. The van der Waals surface area contributed by atoms with E-state index in [1.54, 1.807) is 6.08 Å². The molecule has 0 aliphatic heterocycles. The Kier molecular flexibility index (Phi) is 18.7. The maximum atomic E-state index is 8.38. The molecular weight excluding hydrogens is 208 g/mol. The zero-order valence-corrected chi connectivity index (χ0v) is 10.2. The maximum Gasteiger partial charge on any atom is 0.0751 e. The normalized spacial score (nSPS) is 10.6. The fourth-order valence-electron chi connectivity index (χ4n) is 1.03. The molecule has 0 rings (SSSR count). The lowest BCUT2D eigenvalue weighted by molar-refractivity contribution is 0.223. The highest BCUT2D eigenvalue weighted by Gasteiger charge is 1.97. The molecule has 4 N–H and O–H groups in total. The van der Waals surface area contributed by atoms with E-state index in [1.165, 1.54) is 0 Å². The van der Waals surface area contributed by atoms with Gasteiger partial charge in [0.1, 0.15) is 0 Å². The molecule has 0 aliphatic carbocycles. The lowest BCUT2D eigenvalue weighted by atomic mass is 10.1. The lowest BCUT2D eigenvalue weighted by Gasteiger charge is -2.04. The molecule has 0 spiro atoms. The molecule has 0 saturated carbocycles. The van der Waals surface area contributed by atoms with Crippen LogP contribution in [0.25, 0.3) is 0 Å². The molecule has 98 valence electrons. The van der Waals surface area contributed by atoms with E-state index in [0.29, 0.717) is 5.92 Å². The molecule has 0 amide bonds. The van der Waals surface area contributed by atoms with E-state index in [0.717, 1.165) is 38.4 Å². The third-order valence-electron chi connectivity index (χ3n) is 2.13. The zero-order chi connectivity index (χ0) is 12.6. The van der Waals surface area contributed by atoms with Gasteiger partial charge in [0.05, 0.1) is 6.26 Å². The average molecular weight is 234 g/mol. The van der Waals surface area contributed by atoms with Crippen LogP contribution < -0.4 is 0 Å². The Hall–Kier alpha value is -0.580. The second-order valence-corrected chi connectivity index (χ2v) is 3.73. The Bertz CT molecular complexity index is 131. The summed E-state index contributed by atoms with van der Waals surface area (Å²) in [5.41, 5.74) is 0. The maximum absolute atomic E-state index is 8.38. The zero-order valence-electron chi connectivity index (χ0n) is 10.2. The predicted molar refractivity (Wildman–Crippen MR) is 65.3 cm³/mol. The van der Waals surface area contributed by atoms with Gasteiger partial charge in [0.25, 0.3) is 0 Å². The summed E-state index contributed by atoms with van der Waals surface area (Å²) in [5, 5.41) is 33.2. The highest BCUT2D eigenvalue weighted by molar-refractivity contribution is 4.70. The summed E-state index contributed by atoms with van der Waals surface area (Å²) in [6, 6.07) is 0. The SMILES string of the molecule is CC(CCO)CCO.OC=CCCCCO. The Morgan fingerprint density at radius 1 is 0.938 bits per heavy atom. The summed E-state index contributed by atoms with van der Waals surface area (Å²) in [6.45, 7) is 2.74. The van der Waals surface area contributed by atoms with Gasteiger partial charge in [0, 0.05) is 19.8 Å². The summed E-state index contributed by atoms with van der Waals surface area (Å²) in [7, 11) is 0. The van der Waals surface area contributed by atoms with Crippen LogP contribution in [0.2, 0.25) is 0 Å². The number of unbranched alkanes of at least 4 members (excludes halogenated alkanes) is 2. The standard InChI is InChI=1S/C6H14O2.C6H12O2/c1-6(2-4-7)3-5-8;7-5-3-1-2-4-6-8/h6-8H,2-5H2,1H3;3,5,7-8H,1-2,4,6H2. The molecule has 0 fully saturated rings. The predicted octanol–water partition coefficient (Wildman–Crippen LogP) is 1.61. The number of aliphatic hydroxyl groups excluding tert-OH is 4. The van der Waals surface area contributed by atoms with Gasteiger partial charge in [-0.3, -0.25) is 0 Å². The quantitative estimate of drug-likeness (QED) is 0.380. The topological polar surface area (TPSA) is 80.9 Å². The monoisotopic (exact) mass is 234 g/mol. The van der Waals surface area contributed by atoms with Crippen molar-refractivity contribution in [2.24, 2.45) is 5.92 Å². The minimum Gasteiger partial charge on any atom is -0.516 e. The molecule has 4 nitrogen and oxygen atoms in total. The number of aliphatic hydroxyl groups is 4. The third-order valence-corrected chi connectivity index (χ3v) is 2.13. The Balaban J connectivity index is 0. The van der Waals surface area contributed by atoms with E-state index < -0.39 is 0 Å². The van der Waals surface area contributed by atoms with Crippen LogP contribution in [0.5, 0.6) is 0 Å². The van der Waals surface area contributed by atoms with Crippen molar-refractivity contribution in [1.82, 2.24) is 0 Å². The molecule has 0 aliphatic rings. The third kappa shape index (κ3) is 19.1. The van der Waals surface area contributed by atoms with Gasteiger partial charge < -0.3 is 20.4 Å².